The van der Waals surface area contributed by atoms with Crippen LogP contribution in [0.4, 0.5) is 0 Å². The molecule has 0 atom stereocenters. The van der Waals surface area contributed by atoms with Crippen LogP contribution < -0.4 is 28.4 Å². The summed E-state index contributed by atoms with van der Waals surface area (Å²) in [5.41, 5.74) is 11.2. The zero-order chi connectivity index (χ0) is 66.4. The molecule has 0 saturated carbocycles. The Labute approximate surface area is 573 Å². The minimum Gasteiger partial charge on any atom is -0.494 e. The van der Waals surface area contributed by atoms with Crippen molar-refractivity contribution in [1.82, 2.24) is 4.90 Å². The van der Waals surface area contributed by atoms with Gasteiger partial charge in [-0.15, -0.1) is 12.6 Å². The third kappa shape index (κ3) is 18.1. The van der Waals surface area contributed by atoms with Crippen LogP contribution in [-0.4, -0.2) is 37.6 Å². The summed E-state index contributed by atoms with van der Waals surface area (Å²) in [5.74, 6) is 4.94. The predicted octanol–water partition coefficient (Wildman–Crippen LogP) is 20.5. The largest absolute Gasteiger partial charge is 0.494 e. The van der Waals surface area contributed by atoms with Crippen molar-refractivity contribution < 1.29 is 33.2 Å². The highest BCUT2D eigenvalue weighted by Gasteiger charge is 2.32. The Bertz CT molecular complexity index is 3710. The maximum atomic E-state index is 13.6. The molecule has 0 aliphatic rings. The number of rotatable bonds is 33. The van der Waals surface area contributed by atoms with Crippen LogP contribution in [0.1, 0.15) is 125 Å². The topological polar surface area (TPSA) is 75.7 Å². The van der Waals surface area contributed by atoms with Crippen molar-refractivity contribution in [3.05, 3.63) is 352 Å². The Kier molecular flexibility index (Phi) is 23.1. The predicted molar refractivity (Wildman–Crippen MR) is 390 cm³/mol. The molecule has 0 unspecified atom stereocenters. The lowest BCUT2D eigenvalue weighted by atomic mass is 9.73. The number of ether oxygens (including phenoxy) is 6. The molecule has 1 amide bonds. The molecule has 0 spiro atoms. The molecule has 0 aromatic heterocycles. The zero-order valence-corrected chi connectivity index (χ0v) is 56.6. The summed E-state index contributed by atoms with van der Waals surface area (Å²) in [6, 6.07) is 99.8. The van der Waals surface area contributed by atoms with Gasteiger partial charge in [-0.05, 0) is 191 Å². The monoisotopic (exact) mass is 1290 g/mol. The average molecular weight is 1290 g/mol. The molecule has 8 nitrogen and oxygen atoms in total. The summed E-state index contributed by atoms with van der Waals surface area (Å²) in [4.78, 5) is 16.2. The van der Waals surface area contributed by atoms with E-state index in [9.17, 15) is 4.79 Å². The first-order valence-electron chi connectivity index (χ1n) is 33.5. The Balaban J connectivity index is 0.759. The molecule has 0 bridgehead atoms. The second-order valence-electron chi connectivity index (χ2n) is 25.5. The highest BCUT2D eigenvalue weighted by Crippen LogP contribution is 2.42. The first kappa shape index (κ1) is 67.5. The van der Waals surface area contributed by atoms with Gasteiger partial charge in [0.05, 0.1) is 13.2 Å². The van der Waals surface area contributed by atoms with E-state index in [0.29, 0.717) is 51.7 Å². The SMILES string of the molecule is CN(CCCC(C)(c1ccc(OCCCC(C)(c2ccc(OCc3ccccc3)cc2)c2ccc(OCc3ccccc3)cc2)cc1)c1ccc(OCCCC(C)(c2ccc(OCc3ccccc3)cc2)c2ccc(OCc3ccccc3)cc2)cc1)C(=O)c1ccc(S)cc1. The molecule has 0 aliphatic heterocycles. The number of carbonyl (C=O) groups is 1. The van der Waals surface area contributed by atoms with Gasteiger partial charge in [-0.1, -0.05) is 215 Å². The van der Waals surface area contributed by atoms with E-state index >= 15 is 0 Å². The van der Waals surface area contributed by atoms with E-state index in [1.807, 2.05) is 109 Å². The minimum atomic E-state index is -0.410. The molecular weight excluding hydrogens is 1200 g/mol. The molecule has 11 aromatic rings. The van der Waals surface area contributed by atoms with Crippen molar-refractivity contribution in [3.8, 4) is 34.5 Å². The van der Waals surface area contributed by atoms with Crippen LogP contribution in [0.2, 0.25) is 0 Å². The number of hydrogen-bond acceptors (Lipinski definition) is 8. The second kappa shape index (κ2) is 32.9. The van der Waals surface area contributed by atoms with Crippen molar-refractivity contribution >= 4 is 18.5 Å². The molecule has 0 heterocycles. The van der Waals surface area contributed by atoms with E-state index in [0.717, 1.165) is 111 Å². The van der Waals surface area contributed by atoms with Crippen molar-refractivity contribution in [3.63, 3.8) is 0 Å². The Hall–Kier alpha value is -9.96. The average Bonchev–Trinajstić information content (AvgIpc) is 0.814. The molecule has 488 valence electrons. The van der Waals surface area contributed by atoms with Crippen LogP contribution in [0, 0.1) is 0 Å². The number of nitrogens with zero attached hydrogens (tertiary/aromatic N) is 1. The standard InChI is InChI=1S/C87H87NO7S/c1-85(56-17-59-88(4)84(89)70-28-54-83(96)55-29-70,71-30-42-77(43-31-71)90-60-18-57-86(2,73-34-46-79(47-35-73)92-62-66-20-9-5-10-21-66)74-36-48-80(49-37-74)93-63-67-22-11-6-12-23-67)72-32-44-78(45-33-72)91-61-19-58-87(3,75-38-50-81(51-39-75)94-64-68-24-13-7-14-25-68)76-40-52-82(53-41-76)95-65-69-26-15-8-16-27-69/h5-16,20-55,96H,17-19,56-65H2,1-4H3. The van der Waals surface area contributed by atoms with E-state index in [-0.39, 0.29) is 16.7 Å². The summed E-state index contributed by atoms with van der Waals surface area (Å²) in [6.07, 6.45) is 4.87. The molecule has 96 heavy (non-hydrogen) atoms. The molecule has 9 heteroatoms. The van der Waals surface area contributed by atoms with Crippen LogP contribution in [0.25, 0.3) is 0 Å². The van der Waals surface area contributed by atoms with Gasteiger partial charge in [0.2, 0.25) is 0 Å². The van der Waals surface area contributed by atoms with Crippen molar-refractivity contribution in [2.24, 2.45) is 0 Å². The van der Waals surface area contributed by atoms with E-state index in [2.05, 4.69) is 228 Å². The number of thiol groups is 1. The van der Waals surface area contributed by atoms with Crippen LogP contribution >= 0.6 is 12.6 Å². The Morgan fingerprint density at radius 1 is 0.312 bits per heavy atom. The number of hydrogen-bond donors (Lipinski definition) is 1. The Morgan fingerprint density at radius 3 is 0.812 bits per heavy atom. The van der Waals surface area contributed by atoms with Gasteiger partial charge >= 0.3 is 0 Å². The highest BCUT2D eigenvalue weighted by atomic mass is 32.1. The van der Waals surface area contributed by atoms with Crippen molar-refractivity contribution in [2.45, 2.75) is 107 Å². The van der Waals surface area contributed by atoms with Crippen molar-refractivity contribution in [1.29, 1.82) is 0 Å². The quantitative estimate of drug-likeness (QED) is 0.0324. The number of carbonyl (C=O) groups excluding carboxylic acids is 1. The van der Waals surface area contributed by atoms with Gasteiger partial charge in [0, 0.05) is 40.3 Å². The fourth-order valence-electron chi connectivity index (χ4n) is 12.7. The van der Waals surface area contributed by atoms with Gasteiger partial charge in [0.15, 0.2) is 0 Å². The van der Waals surface area contributed by atoms with Gasteiger partial charge < -0.3 is 33.3 Å². The lowest BCUT2D eigenvalue weighted by Crippen LogP contribution is -2.30. The maximum Gasteiger partial charge on any atom is 0.253 e. The van der Waals surface area contributed by atoms with E-state index in [1.165, 1.54) is 22.3 Å². The van der Waals surface area contributed by atoms with Crippen LogP contribution in [-0.2, 0) is 42.7 Å². The summed E-state index contributed by atoms with van der Waals surface area (Å²) < 4.78 is 38.1. The van der Waals surface area contributed by atoms with Gasteiger partial charge in [-0.3, -0.25) is 4.79 Å². The normalized spacial score (nSPS) is 11.6. The summed E-state index contributed by atoms with van der Waals surface area (Å²) in [7, 11) is 1.88. The van der Waals surface area contributed by atoms with E-state index in [4.69, 9.17) is 28.4 Å². The second-order valence-corrected chi connectivity index (χ2v) is 26.0. The summed E-state index contributed by atoms with van der Waals surface area (Å²) in [5, 5.41) is 0. The van der Waals surface area contributed by atoms with Gasteiger partial charge in [-0.25, -0.2) is 0 Å². The van der Waals surface area contributed by atoms with Gasteiger partial charge in [-0.2, -0.15) is 0 Å². The van der Waals surface area contributed by atoms with Crippen LogP contribution in [0.5, 0.6) is 34.5 Å². The minimum absolute atomic E-state index is 0.0122. The molecule has 11 aromatic carbocycles. The van der Waals surface area contributed by atoms with Gasteiger partial charge in [0.25, 0.3) is 5.91 Å². The lowest BCUT2D eigenvalue weighted by molar-refractivity contribution is 0.0790. The molecule has 0 N–H and O–H groups in total. The maximum absolute atomic E-state index is 13.6. The zero-order valence-electron chi connectivity index (χ0n) is 55.7. The lowest BCUT2D eigenvalue weighted by Gasteiger charge is -2.32. The number of benzene rings is 11. The first-order chi connectivity index (χ1) is 46.9. The summed E-state index contributed by atoms with van der Waals surface area (Å²) in [6.45, 7) is 10.6. The first-order valence-corrected chi connectivity index (χ1v) is 33.9. The molecular formula is C87H87NO7S. The third-order valence-electron chi connectivity index (χ3n) is 18.8. The molecule has 0 fully saturated rings. The third-order valence-corrected chi connectivity index (χ3v) is 19.1. The van der Waals surface area contributed by atoms with Crippen molar-refractivity contribution in [2.75, 3.05) is 26.8 Å². The molecule has 0 radical (unpaired) electrons. The molecule has 11 rings (SSSR count). The van der Waals surface area contributed by atoms with Crippen LogP contribution in [0.15, 0.2) is 296 Å². The van der Waals surface area contributed by atoms with E-state index < -0.39 is 5.41 Å². The van der Waals surface area contributed by atoms with Crippen LogP contribution in [0.3, 0.4) is 0 Å². The smallest absolute Gasteiger partial charge is 0.253 e. The highest BCUT2D eigenvalue weighted by molar-refractivity contribution is 7.80. The Morgan fingerprint density at radius 2 is 0.552 bits per heavy atom. The molecule has 0 saturated heterocycles. The fraction of sp³-hybridized carbons (Fsp3) is 0.230. The van der Waals surface area contributed by atoms with Gasteiger partial charge in [0.1, 0.15) is 60.9 Å². The molecule has 0 aliphatic carbocycles. The van der Waals surface area contributed by atoms with E-state index in [1.54, 1.807) is 0 Å². The summed E-state index contributed by atoms with van der Waals surface area (Å²) >= 11 is 4.44. The number of amides is 1. The fourth-order valence-corrected chi connectivity index (χ4v) is 12.8.